The van der Waals surface area contributed by atoms with Gasteiger partial charge in [0, 0.05) is 37.1 Å². The number of hydrogen-bond donors (Lipinski definition) is 0. The lowest BCUT2D eigenvalue weighted by Crippen LogP contribution is -2.51. The predicted molar refractivity (Wildman–Crippen MR) is 104 cm³/mol. The van der Waals surface area contributed by atoms with Gasteiger partial charge in [0.1, 0.15) is 10.6 Å². The minimum atomic E-state index is -0.0779. The SMILES string of the molecule is O=C(COc1ccc(Cl)cc1)N1CCN(C(=O)c2cnc(C3CC3)s2)CC1. The van der Waals surface area contributed by atoms with E-state index in [1.165, 1.54) is 24.2 Å². The van der Waals surface area contributed by atoms with Gasteiger partial charge in [0.05, 0.1) is 11.2 Å². The molecule has 0 bridgehead atoms. The highest BCUT2D eigenvalue weighted by Crippen LogP contribution is 2.41. The van der Waals surface area contributed by atoms with Gasteiger partial charge in [-0.05, 0) is 37.1 Å². The Hall–Kier alpha value is -2.12. The second-order valence-corrected chi connectivity index (χ2v) is 8.25. The van der Waals surface area contributed by atoms with E-state index in [4.69, 9.17) is 16.3 Å². The topological polar surface area (TPSA) is 62.7 Å². The first-order chi connectivity index (χ1) is 13.1. The molecule has 1 aliphatic heterocycles. The quantitative estimate of drug-likeness (QED) is 0.767. The lowest BCUT2D eigenvalue weighted by molar-refractivity contribution is -0.134. The zero-order valence-electron chi connectivity index (χ0n) is 14.8. The molecule has 27 heavy (non-hydrogen) atoms. The molecule has 2 aromatic rings. The average Bonchev–Trinajstić information content (AvgIpc) is 3.43. The lowest BCUT2D eigenvalue weighted by Gasteiger charge is -2.34. The maximum Gasteiger partial charge on any atom is 0.265 e. The Morgan fingerprint density at radius 1 is 1.11 bits per heavy atom. The summed E-state index contributed by atoms with van der Waals surface area (Å²) in [4.78, 5) is 33.6. The Labute approximate surface area is 166 Å². The molecule has 0 N–H and O–H groups in total. The molecule has 1 saturated heterocycles. The molecule has 1 aliphatic carbocycles. The van der Waals surface area contributed by atoms with Gasteiger partial charge in [-0.2, -0.15) is 0 Å². The molecule has 2 heterocycles. The van der Waals surface area contributed by atoms with Crippen molar-refractivity contribution >= 4 is 34.8 Å². The third kappa shape index (κ3) is 4.42. The molecule has 1 aromatic heterocycles. The first-order valence-corrected chi connectivity index (χ1v) is 10.2. The average molecular weight is 406 g/mol. The highest BCUT2D eigenvalue weighted by atomic mass is 35.5. The van der Waals surface area contributed by atoms with Gasteiger partial charge in [-0.15, -0.1) is 11.3 Å². The van der Waals surface area contributed by atoms with Crippen molar-refractivity contribution in [2.24, 2.45) is 0 Å². The summed E-state index contributed by atoms with van der Waals surface area (Å²) in [7, 11) is 0. The largest absolute Gasteiger partial charge is 0.484 e. The number of ether oxygens (including phenoxy) is 1. The van der Waals surface area contributed by atoms with E-state index >= 15 is 0 Å². The van der Waals surface area contributed by atoms with Gasteiger partial charge in [-0.1, -0.05) is 11.6 Å². The number of carbonyl (C=O) groups excluding carboxylic acids is 2. The minimum absolute atomic E-state index is 0.0175. The fourth-order valence-electron chi connectivity index (χ4n) is 2.99. The van der Waals surface area contributed by atoms with Crippen molar-refractivity contribution in [3.8, 4) is 5.75 Å². The number of rotatable bonds is 5. The number of benzene rings is 1. The van der Waals surface area contributed by atoms with E-state index in [-0.39, 0.29) is 18.4 Å². The number of aromatic nitrogens is 1. The second kappa shape index (κ2) is 7.86. The molecule has 1 aromatic carbocycles. The van der Waals surface area contributed by atoms with Crippen LogP contribution in [0.3, 0.4) is 0 Å². The molecule has 2 amide bonds. The van der Waals surface area contributed by atoms with E-state index in [0.29, 0.717) is 47.7 Å². The molecule has 2 fully saturated rings. The van der Waals surface area contributed by atoms with Crippen LogP contribution in [0, 0.1) is 0 Å². The maximum atomic E-state index is 12.6. The van der Waals surface area contributed by atoms with Crippen LogP contribution in [-0.4, -0.2) is 59.4 Å². The molecule has 142 valence electrons. The Balaban J connectivity index is 1.25. The van der Waals surface area contributed by atoms with Crippen molar-refractivity contribution in [2.75, 3.05) is 32.8 Å². The number of hydrogen-bond acceptors (Lipinski definition) is 5. The van der Waals surface area contributed by atoms with Crippen LogP contribution in [0.4, 0.5) is 0 Å². The van der Waals surface area contributed by atoms with Crippen LogP contribution in [-0.2, 0) is 4.79 Å². The van der Waals surface area contributed by atoms with Crippen LogP contribution in [0.25, 0.3) is 0 Å². The van der Waals surface area contributed by atoms with Gasteiger partial charge in [-0.3, -0.25) is 9.59 Å². The van der Waals surface area contributed by atoms with Crippen LogP contribution in [0.2, 0.25) is 5.02 Å². The first-order valence-electron chi connectivity index (χ1n) is 9.01. The van der Waals surface area contributed by atoms with E-state index in [2.05, 4.69) is 4.98 Å². The number of piperazine rings is 1. The third-order valence-electron chi connectivity index (χ3n) is 4.76. The monoisotopic (exact) mass is 405 g/mol. The van der Waals surface area contributed by atoms with Crippen molar-refractivity contribution < 1.29 is 14.3 Å². The minimum Gasteiger partial charge on any atom is -0.484 e. The lowest BCUT2D eigenvalue weighted by atomic mass is 10.3. The number of amides is 2. The summed E-state index contributed by atoms with van der Waals surface area (Å²) >= 11 is 7.34. The Bertz CT molecular complexity index is 827. The third-order valence-corrected chi connectivity index (χ3v) is 6.16. The molecule has 0 atom stereocenters. The molecular formula is C19H20ClN3O3S. The van der Waals surface area contributed by atoms with Gasteiger partial charge in [0.2, 0.25) is 0 Å². The van der Waals surface area contributed by atoms with Crippen molar-refractivity contribution in [3.63, 3.8) is 0 Å². The molecule has 2 aliphatic rings. The summed E-state index contributed by atoms with van der Waals surface area (Å²) in [6.45, 7) is 2.07. The Morgan fingerprint density at radius 2 is 1.78 bits per heavy atom. The summed E-state index contributed by atoms with van der Waals surface area (Å²) in [6.07, 6.45) is 4.05. The van der Waals surface area contributed by atoms with E-state index in [9.17, 15) is 9.59 Å². The maximum absolute atomic E-state index is 12.6. The van der Waals surface area contributed by atoms with Crippen LogP contribution in [0.15, 0.2) is 30.5 Å². The summed E-state index contributed by atoms with van der Waals surface area (Å²) in [5.74, 6) is 1.11. The van der Waals surface area contributed by atoms with E-state index in [0.717, 1.165) is 5.01 Å². The first kappa shape index (κ1) is 18.3. The summed E-state index contributed by atoms with van der Waals surface area (Å²) in [5, 5.41) is 1.70. The number of carbonyl (C=O) groups is 2. The molecule has 8 heteroatoms. The smallest absolute Gasteiger partial charge is 0.265 e. The molecule has 0 radical (unpaired) electrons. The van der Waals surface area contributed by atoms with E-state index in [1.807, 2.05) is 0 Å². The van der Waals surface area contributed by atoms with Crippen molar-refractivity contribution in [2.45, 2.75) is 18.8 Å². The molecule has 0 unspecified atom stereocenters. The molecule has 4 rings (SSSR count). The van der Waals surface area contributed by atoms with Crippen molar-refractivity contribution in [1.82, 2.24) is 14.8 Å². The van der Waals surface area contributed by atoms with Crippen LogP contribution in [0.5, 0.6) is 5.75 Å². The number of halogens is 1. The molecular weight excluding hydrogens is 386 g/mol. The second-order valence-electron chi connectivity index (χ2n) is 6.75. The van der Waals surface area contributed by atoms with Crippen LogP contribution in [0.1, 0.15) is 33.4 Å². The standard InChI is InChI=1S/C19H20ClN3O3S/c20-14-3-5-15(6-4-14)26-12-17(24)22-7-9-23(10-8-22)19(25)16-11-21-18(27-16)13-1-2-13/h3-6,11,13H,1-2,7-10,12H2. The summed E-state index contributed by atoms with van der Waals surface area (Å²) in [6, 6.07) is 6.91. The Kier molecular flexibility index (Phi) is 5.31. The van der Waals surface area contributed by atoms with Gasteiger partial charge in [0.15, 0.2) is 6.61 Å². The molecule has 6 nitrogen and oxygen atoms in total. The Morgan fingerprint density at radius 3 is 2.44 bits per heavy atom. The fourth-order valence-corrected chi connectivity index (χ4v) is 4.17. The van der Waals surface area contributed by atoms with Gasteiger partial charge in [-0.25, -0.2) is 4.98 Å². The zero-order valence-corrected chi connectivity index (χ0v) is 16.3. The zero-order chi connectivity index (χ0) is 18.8. The normalized spacial score (nSPS) is 17.1. The molecule has 1 saturated carbocycles. The van der Waals surface area contributed by atoms with Gasteiger partial charge < -0.3 is 14.5 Å². The van der Waals surface area contributed by atoms with Crippen LogP contribution < -0.4 is 4.74 Å². The van der Waals surface area contributed by atoms with Gasteiger partial charge >= 0.3 is 0 Å². The fraction of sp³-hybridized carbons (Fsp3) is 0.421. The highest BCUT2D eigenvalue weighted by molar-refractivity contribution is 7.13. The van der Waals surface area contributed by atoms with Crippen molar-refractivity contribution in [3.05, 3.63) is 45.4 Å². The van der Waals surface area contributed by atoms with Gasteiger partial charge in [0.25, 0.3) is 11.8 Å². The summed E-state index contributed by atoms with van der Waals surface area (Å²) in [5.41, 5.74) is 0. The van der Waals surface area contributed by atoms with E-state index in [1.54, 1.807) is 40.3 Å². The number of nitrogens with zero attached hydrogens (tertiary/aromatic N) is 3. The summed E-state index contributed by atoms with van der Waals surface area (Å²) < 4.78 is 5.51. The predicted octanol–water partition coefficient (Wildman–Crippen LogP) is 3.04. The molecule has 0 spiro atoms. The van der Waals surface area contributed by atoms with Crippen molar-refractivity contribution in [1.29, 1.82) is 0 Å². The van der Waals surface area contributed by atoms with E-state index < -0.39 is 0 Å². The van der Waals surface area contributed by atoms with Crippen LogP contribution >= 0.6 is 22.9 Å². The highest BCUT2D eigenvalue weighted by Gasteiger charge is 2.30. The number of thiazole rings is 1.